The molecule has 0 heterocycles. The third-order valence-electron chi connectivity index (χ3n) is 2.83. The molecule has 0 fully saturated rings. The Balaban J connectivity index is -0.000000142. The second-order valence-corrected chi connectivity index (χ2v) is 14.7. The van der Waals surface area contributed by atoms with Crippen LogP contribution in [0.15, 0.2) is 16.6 Å². The number of allylic oxidation sites excluding steroid dienone is 4. The summed E-state index contributed by atoms with van der Waals surface area (Å²) in [6.45, 7) is 7.69. The smallest absolute Gasteiger partial charge is 4.00 e. The molecule has 0 spiro atoms. The molecule has 146 valence electrons. The monoisotopic (exact) mass is 501 g/mol. The van der Waals surface area contributed by atoms with Crippen LogP contribution in [0.5, 0.6) is 0 Å². The molecule has 0 amide bonds. The van der Waals surface area contributed by atoms with Crippen LogP contribution in [0, 0.1) is 6.08 Å². The van der Waals surface area contributed by atoms with Crippen LogP contribution >= 0.6 is 0 Å². The Morgan fingerprint density at radius 3 is 1.44 bits per heavy atom. The molecule has 3 nitrogen and oxygen atoms in total. The van der Waals surface area contributed by atoms with E-state index in [2.05, 4.69) is 6.08 Å². The van der Waals surface area contributed by atoms with Gasteiger partial charge in [-0.2, -0.15) is 19.6 Å². The zero-order valence-electron chi connectivity index (χ0n) is 16.2. The van der Waals surface area contributed by atoms with Crippen LogP contribution in [-0.4, -0.2) is 37.9 Å². The minimum atomic E-state index is -4.00. The van der Waals surface area contributed by atoms with Crippen LogP contribution in [0.3, 0.4) is 0 Å². The molecule has 0 saturated heterocycles. The Bertz CT molecular complexity index is 318. The first kappa shape index (κ1) is 33.2. The van der Waals surface area contributed by atoms with E-state index in [4.69, 9.17) is 17.2 Å². The van der Waals surface area contributed by atoms with Crippen LogP contribution in [0.1, 0.15) is 46.5 Å². The quantitative estimate of drug-likeness (QED) is 0.285. The zero-order chi connectivity index (χ0) is 19.6. The van der Waals surface area contributed by atoms with Gasteiger partial charge >= 0.3 is 98.2 Å². The van der Waals surface area contributed by atoms with Crippen LogP contribution < -0.4 is 0 Å². The topological polar surface area (TPSA) is 71.4 Å². The Morgan fingerprint density at radius 1 is 0.960 bits per heavy atom. The van der Waals surface area contributed by atoms with E-state index in [-0.39, 0.29) is 26.2 Å². The van der Waals surface area contributed by atoms with Crippen molar-refractivity contribution in [1.29, 1.82) is 0 Å². The molecule has 3 N–H and O–H groups in total. The molecule has 0 unspecified atom stereocenters. The predicted octanol–water partition coefficient (Wildman–Crippen LogP) is 7.37. The van der Waals surface area contributed by atoms with Crippen molar-refractivity contribution in [3.63, 3.8) is 0 Å². The van der Waals surface area contributed by atoms with Gasteiger partial charge in [0.25, 0.3) is 0 Å². The van der Waals surface area contributed by atoms with Crippen LogP contribution in [-0.2, 0) is 26.2 Å². The van der Waals surface area contributed by atoms with Gasteiger partial charge < -0.3 is 17.2 Å². The summed E-state index contributed by atoms with van der Waals surface area (Å²) >= 11 is -3.77. The molecule has 0 atom stereocenters. The van der Waals surface area contributed by atoms with E-state index in [1.807, 2.05) is 20.8 Å². The summed E-state index contributed by atoms with van der Waals surface area (Å²) in [4.78, 5) is 0. The molecule has 0 radical (unpaired) electrons. The van der Waals surface area contributed by atoms with Crippen molar-refractivity contribution in [2.45, 2.75) is 63.0 Å². The molecule has 0 aromatic rings. The van der Waals surface area contributed by atoms with Crippen molar-refractivity contribution >= 4 is 13.3 Å². The molecule has 1 rings (SSSR count). The fraction of sp³-hybridized carbons (Fsp3) is 0.765. The average molecular weight is 501 g/mol. The first-order valence-electron chi connectivity index (χ1n) is 8.38. The fourth-order valence-corrected chi connectivity index (χ4v) is 3.89. The van der Waals surface area contributed by atoms with Crippen molar-refractivity contribution in [2.24, 2.45) is 0 Å². The van der Waals surface area contributed by atoms with Gasteiger partial charge in [-0.25, -0.2) is 0 Å². The predicted molar refractivity (Wildman–Crippen MR) is 102 cm³/mol. The fourth-order valence-electron chi connectivity index (χ4n) is 0.987. The zero-order valence-corrected chi connectivity index (χ0v) is 20.8. The van der Waals surface area contributed by atoms with Gasteiger partial charge in [-0.15, -0.1) is 0 Å². The Labute approximate surface area is 174 Å². The van der Waals surface area contributed by atoms with Gasteiger partial charge in [-0.3, -0.25) is 0 Å². The van der Waals surface area contributed by atoms with E-state index in [1.54, 1.807) is 12.2 Å². The van der Waals surface area contributed by atoms with Crippen molar-refractivity contribution in [2.75, 3.05) is 19.6 Å². The number of hydrogen-bond donors (Lipinski definition) is 0. The van der Waals surface area contributed by atoms with Crippen molar-refractivity contribution in [3.8, 4) is 0 Å². The minimum Gasteiger partial charge on any atom is 4.00 e. The van der Waals surface area contributed by atoms with Crippen LogP contribution in [0.2, 0.25) is 11.5 Å². The summed E-state index contributed by atoms with van der Waals surface area (Å²) in [5.74, 6) is 2.72. The maximum Gasteiger partial charge on any atom is 4.00 e. The van der Waals surface area contributed by atoms with E-state index >= 15 is 0 Å². The molecule has 0 bridgehead atoms. The Morgan fingerprint density at radius 2 is 1.28 bits per heavy atom. The summed E-state index contributed by atoms with van der Waals surface area (Å²) in [6.07, 6.45) is 9.58. The largest absolute Gasteiger partial charge is 4.00 e. The summed E-state index contributed by atoms with van der Waals surface area (Å²) in [5, 5.41) is -4.00. The van der Waals surface area contributed by atoms with Gasteiger partial charge in [0.15, 0.2) is 0 Å². The SMILES string of the molecule is CCC[NH-].CCC[NH-].CCC[NH-].[CH3][Ge]([CH3])([C]1=[C-]CC=C1)[C](F)(F)F.[Zr+4]. The van der Waals surface area contributed by atoms with Gasteiger partial charge in [0.2, 0.25) is 0 Å². The van der Waals surface area contributed by atoms with Gasteiger partial charge in [0.05, 0.1) is 0 Å². The van der Waals surface area contributed by atoms with E-state index in [0.717, 1.165) is 19.3 Å². The van der Waals surface area contributed by atoms with Crippen LogP contribution in [0.4, 0.5) is 13.2 Å². The number of rotatable bonds is 4. The van der Waals surface area contributed by atoms with Gasteiger partial charge in [0, 0.05) is 0 Å². The van der Waals surface area contributed by atoms with Crippen molar-refractivity contribution in [3.05, 3.63) is 39.8 Å². The van der Waals surface area contributed by atoms with Gasteiger partial charge in [-0.1, -0.05) is 40.0 Å². The average Bonchev–Trinajstić information content (AvgIpc) is 3.09. The minimum absolute atomic E-state index is 0. The van der Waals surface area contributed by atoms with Crippen LogP contribution in [0.25, 0.3) is 17.2 Å². The van der Waals surface area contributed by atoms with Crippen molar-refractivity contribution < 1.29 is 39.4 Å². The molecular weight excluding hydrogens is 467 g/mol. The maximum atomic E-state index is 12.5. The summed E-state index contributed by atoms with van der Waals surface area (Å²) in [6, 6.07) is 0. The molecule has 0 aromatic carbocycles. The molecule has 1 aliphatic rings. The van der Waals surface area contributed by atoms with Gasteiger partial charge in [0.1, 0.15) is 0 Å². The molecule has 0 aliphatic heterocycles. The van der Waals surface area contributed by atoms with Crippen molar-refractivity contribution in [1.82, 2.24) is 0 Å². The number of halogens is 3. The third kappa shape index (κ3) is 19.1. The summed E-state index contributed by atoms with van der Waals surface area (Å²) in [5.41, 5.74) is 19.4. The number of alkyl halides is 3. The molecule has 0 saturated carbocycles. The molecule has 8 heteroatoms. The number of nitrogens with one attached hydrogen (secondary N) is 3. The van der Waals surface area contributed by atoms with E-state index in [0.29, 0.717) is 30.5 Å². The maximum absolute atomic E-state index is 12.5. The molecular formula is C17H34F3GeN3Zr. The second-order valence-electron chi connectivity index (χ2n) is 5.57. The Kier molecular flexibility index (Phi) is 27.7. The summed E-state index contributed by atoms with van der Waals surface area (Å²) in [7, 11) is 0. The normalized spacial score (nSPS) is 12.4. The second kappa shape index (κ2) is 20.9. The first-order chi connectivity index (χ1) is 11.1. The van der Waals surface area contributed by atoms with E-state index in [9.17, 15) is 13.2 Å². The summed E-state index contributed by atoms with van der Waals surface area (Å²) < 4.78 is 37.9. The first-order valence-corrected chi connectivity index (χ1v) is 14.7. The van der Waals surface area contributed by atoms with E-state index in [1.165, 1.54) is 11.5 Å². The standard InChI is InChI=1S/C8H10F3Ge.3C3H8N.Zr/c1-12(2,8(9,10)11)7-5-3-4-6-7;3*1-2-3-4;/h3,5H,4H2,1-2H3;3*4H,2-3H2,1H3;/q4*-1;+4. The van der Waals surface area contributed by atoms with Gasteiger partial charge in [-0.05, 0) is 0 Å². The molecule has 25 heavy (non-hydrogen) atoms. The Hall–Kier alpha value is 0.576. The molecule has 1 aliphatic carbocycles. The van der Waals surface area contributed by atoms with E-state index < -0.39 is 18.3 Å². The number of hydrogen-bond acceptors (Lipinski definition) is 0. The third-order valence-corrected chi connectivity index (χ3v) is 9.35. The molecule has 0 aromatic heterocycles.